The van der Waals surface area contributed by atoms with Crippen LogP contribution < -0.4 is 5.32 Å². The highest BCUT2D eigenvalue weighted by molar-refractivity contribution is 5.86. The van der Waals surface area contributed by atoms with Gasteiger partial charge >= 0.3 is 0 Å². The van der Waals surface area contributed by atoms with Crippen molar-refractivity contribution in [2.24, 2.45) is 0 Å². The third-order valence-corrected chi connectivity index (χ3v) is 4.09. The monoisotopic (exact) mass is 275 g/mol. The minimum absolute atomic E-state index is 0.311. The van der Waals surface area contributed by atoms with Gasteiger partial charge in [-0.2, -0.15) is 0 Å². The molecule has 0 spiro atoms. The van der Waals surface area contributed by atoms with Gasteiger partial charge in [0.2, 0.25) is 0 Å². The molecule has 0 amide bonds. The van der Waals surface area contributed by atoms with Gasteiger partial charge in [0.1, 0.15) is 0 Å². The van der Waals surface area contributed by atoms with E-state index in [0.717, 1.165) is 0 Å². The largest absolute Gasteiger partial charge is 0.304 e. The Labute approximate surface area is 126 Å². The van der Waals surface area contributed by atoms with Crippen molar-refractivity contribution >= 4 is 10.8 Å². The lowest BCUT2D eigenvalue weighted by Crippen LogP contribution is -2.22. The van der Waals surface area contributed by atoms with Crippen molar-refractivity contribution in [2.45, 2.75) is 25.9 Å². The minimum atomic E-state index is 0.311. The van der Waals surface area contributed by atoms with E-state index in [2.05, 4.69) is 92.0 Å². The Bertz CT molecular complexity index is 713. The van der Waals surface area contributed by atoms with Crippen LogP contribution in [0.4, 0.5) is 0 Å². The lowest BCUT2D eigenvalue weighted by molar-refractivity contribution is 0.497. The van der Waals surface area contributed by atoms with Gasteiger partial charge in [-0.3, -0.25) is 0 Å². The van der Waals surface area contributed by atoms with Gasteiger partial charge in [0.05, 0.1) is 0 Å². The Morgan fingerprint density at radius 2 is 1.33 bits per heavy atom. The Kier molecular flexibility index (Phi) is 4.03. The second-order valence-corrected chi connectivity index (χ2v) is 5.59. The first-order valence-corrected chi connectivity index (χ1v) is 7.54. The molecule has 0 aromatic heterocycles. The fourth-order valence-electron chi connectivity index (χ4n) is 2.93. The molecule has 0 saturated carbocycles. The molecule has 3 aromatic carbocycles. The Morgan fingerprint density at radius 1 is 0.667 bits per heavy atom. The third kappa shape index (κ3) is 2.98. The van der Waals surface area contributed by atoms with E-state index in [1.165, 1.54) is 21.9 Å². The van der Waals surface area contributed by atoms with E-state index in [1.807, 2.05) is 0 Å². The zero-order valence-corrected chi connectivity index (χ0v) is 12.6. The van der Waals surface area contributed by atoms with Crippen LogP contribution in [0.25, 0.3) is 10.8 Å². The summed E-state index contributed by atoms with van der Waals surface area (Å²) in [6.07, 6.45) is 0. The second-order valence-electron chi connectivity index (χ2n) is 5.59. The highest BCUT2D eigenvalue weighted by Gasteiger charge is 2.12. The lowest BCUT2D eigenvalue weighted by atomic mass is 9.98. The maximum Gasteiger partial charge on any atom is 0.0303 e. The standard InChI is InChI=1S/C20H21N/c1-15(17-9-4-3-5-10-17)21-16(2)19-14-8-12-18-11-6-7-13-20(18)19/h3-16,21H,1-2H3/t15-,16?/m0/s1. The smallest absolute Gasteiger partial charge is 0.0303 e. The Hall–Kier alpha value is -2.12. The van der Waals surface area contributed by atoms with Crippen LogP contribution in [0.3, 0.4) is 0 Å². The molecule has 0 aliphatic carbocycles. The summed E-state index contributed by atoms with van der Waals surface area (Å²) in [7, 11) is 0. The quantitative estimate of drug-likeness (QED) is 0.685. The molecular weight excluding hydrogens is 254 g/mol. The fraction of sp³-hybridized carbons (Fsp3) is 0.200. The predicted octanol–water partition coefficient (Wildman–Crippen LogP) is 5.25. The second kappa shape index (κ2) is 6.11. The first-order valence-electron chi connectivity index (χ1n) is 7.54. The molecule has 2 atom stereocenters. The van der Waals surface area contributed by atoms with Gasteiger partial charge in [-0.05, 0) is 35.7 Å². The molecule has 1 unspecified atom stereocenters. The summed E-state index contributed by atoms with van der Waals surface area (Å²) < 4.78 is 0. The number of hydrogen-bond donors (Lipinski definition) is 1. The van der Waals surface area contributed by atoms with Crippen molar-refractivity contribution in [1.82, 2.24) is 5.32 Å². The summed E-state index contributed by atoms with van der Waals surface area (Å²) in [6.45, 7) is 4.46. The van der Waals surface area contributed by atoms with E-state index in [1.54, 1.807) is 0 Å². The summed E-state index contributed by atoms with van der Waals surface area (Å²) >= 11 is 0. The topological polar surface area (TPSA) is 12.0 Å². The molecule has 1 nitrogen and oxygen atoms in total. The van der Waals surface area contributed by atoms with Crippen molar-refractivity contribution in [3.63, 3.8) is 0 Å². The van der Waals surface area contributed by atoms with E-state index >= 15 is 0 Å². The lowest BCUT2D eigenvalue weighted by Gasteiger charge is -2.22. The van der Waals surface area contributed by atoms with Crippen LogP contribution in [-0.4, -0.2) is 0 Å². The molecule has 3 aromatic rings. The summed E-state index contributed by atoms with van der Waals surface area (Å²) in [4.78, 5) is 0. The van der Waals surface area contributed by atoms with Crippen LogP contribution >= 0.6 is 0 Å². The van der Waals surface area contributed by atoms with Crippen molar-refractivity contribution in [2.75, 3.05) is 0 Å². The average Bonchev–Trinajstić information content (AvgIpc) is 2.55. The fourth-order valence-corrected chi connectivity index (χ4v) is 2.93. The van der Waals surface area contributed by atoms with Gasteiger partial charge in [0.25, 0.3) is 0 Å². The van der Waals surface area contributed by atoms with Crippen molar-refractivity contribution in [1.29, 1.82) is 0 Å². The molecule has 0 fully saturated rings. The molecule has 0 bridgehead atoms. The average molecular weight is 275 g/mol. The van der Waals surface area contributed by atoms with Gasteiger partial charge in [-0.1, -0.05) is 72.8 Å². The molecule has 0 saturated heterocycles. The molecular formula is C20H21N. The molecule has 0 aliphatic rings. The van der Waals surface area contributed by atoms with E-state index in [0.29, 0.717) is 12.1 Å². The zero-order chi connectivity index (χ0) is 14.7. The van der Waals surface area contributed by atoms with E-state index < -0.39 is 0 Å². The highest BCUT2D eigenvalue weighted by Crippen LogP contribution is 2.26. The summed E-state index contributed by atoms with van der Waals surface area (Å²) in [6, 6.07) is 26.4. The Morgan fingerprint density at radius 3 is 2.14 bits per heavy atom. The molecule has 21 heavy (non-hydrogen) atoms. The first-order chi connectivity index (χ1) is 10.3. The van der Waals surface area contributed by atoms with Crippen LogP contribution in [0.5, 0.6) is 0 Å². The summed E-state index contributed by atoms with van der Waals surface area (Å²) in [5.41, 5.74) is 2.68. The number of nitrogens with one attached hydrogen (secondary N) is 1. The first kappa shape index (κ1) is 13.8. The van der Waals surface area contributed by atoms with Crippen LogP contribution in [0.1, 0.15) is 37.1 Å². The van der Waals surface area contributed by atoms with Crippen molar-refractivity contribution in [3.8, 4) is 0 Å². The molecule has 3 rings (SSSR count). The van der Waals surface area contributed by atoms with Crippen LogP contribution in [-0.2, 0) is 0 Å². The van der Waals surface area contributed by atoms with Crippen LogP contribution in [0.2, 0.25) is 0 Å². The number of hydrogen-bond acceptors (Lipinski definition) is 1. The number of rotatable bonds is 4. The zero-order valence-electron chi connectivity index (χ0n) is 12.6. The molecule has 1 heteroatoms. The van der Waals surface area contributed by atoms with E-state index in [9.17, 15) is 0 Å². The summed E-state index contributed by atoms with van der Waals surface area (Å²) in [5, 5.41) is 6.34. The van der Waals surface area contributed by atoms with Gasteiger partial charge in [-0.15, -0.1) is 0 Å². The van der Waals surface area contributed by atoms with Crippen LogP contribution in [0, 0.1) is 0 Å². The maximum atomic E-state index is 3.70. The van der Waals surface area contributed by atoms with Gasteiger partial charge in [-0.25, -0.2) is 0 Å². The van der Waals surface area contributed by atoms with Crippen molar-refractivity contribution < 1.29 is 0 Å². The van der Waals surface area contributed by atoms with Gasteiger partial charge < -0.3 is 5.32 Å². The molecule has 106 valence electrons. The van der Waals surface area contributed by atoms with Gasteiger partial charge in [0, 0.05) is 12.1 Å². The molecule has 1 N–H and O–H groups in total. The molecule has 0 heterocycles. The molecule has 0 radical (unpaired) electrons. The van der Waals surface area contributed by atoms with Gasteiger partial charge in [0.15, 0.2) is 0 Å². The Balaban J connectivity index is 1.86. The molecule has 0 aliphatic heterocycles. The summed E-state index contributed by atoms with van der Waals surface area (Å²) in [5.74, 6) is 0. The number of fused-ring (bicyclic) bond motifs is 1. The number of benzene rings is 3. The van der Waals surface area contributed by atoms with E-state index in [4.69, 9.17) is 0 Å². The third-order valence-electron chi connectivity index (χ3n) is 4.09. The van der Waals surface area contributed by atoms with E-state index in [-0.39, 0.29) is 0 Å². The van der Waals surface area contributed by atoms with Crippen LogP contribution in [0.15, 0.2) is 72.8 Å². The maximum absolute atomic E-state index is 3.70. The predicted molar refractivity (Wildman–Crippen MR) is 90.4 cm³/mol. The normalized spacial score (nSPS) is 14.0. The highest BCUT2D eigenvalue weighted by atomic mass is 14.9. The minimum Gasteiger partial charge on any atom is -0.304 e. The van der Waals surface area contributed by atoms with Crippen molar-refractivity contribution in [3.05, 3.63) is 83.9 Å². The SMILES string of the molecule is CC(N[C@@H](C)c1ccccc1)c1cccc2ccccc12.